The van der Waals surface area contributed by atoms with Crippen LogP contribution in [0.4, 0.5) is 0 Å². The number of hydrogen-bond acceptors (Lipinski definition) is 3. The molecule has 1 fully saturated rings. The molecule has 0 saturated carbocycles. The maximum atomic E-state index is 5.75. The smallest absolute Gasteiger partial charge is 0.119 e. The molecule has 16 heavy (non-hydrogen) atoms. The first-order valence-electron chi connectivity index (χ1n) is 5.89. The molecule has 0 bridgehead atoms. The lowest BCUT2D eigenvalue weighted by Crippen LogP contribution is -2.17. The van der Waals surface area contributed by atoms with Crippen LogP contribution in [0.5, 0.6) is 5.75 Å². The predicted octanol–water partition coefficient (Wildman–Crippen LogP) is 2.12. The molecule has 0 spiro atoms. The van der Waals surface area contributed by atoms with Crippen LogP contribution < -0.4 is 10.5 Å². The lowest BCUT2D eigenvalue weighted by Gasteiger charge is -2.17. The van der Waals surface area contributed by atoms with Gasteiger partial charge in [-0.15, -0.1) is 0 Å². The summed E-state index contributed by atoms with van der Waals surface area (Å²) in [5.74, 6) is 1.35. The third kappa shape index (κ3) is 2.36. The number of hydrogen-bond donors (Lipinski definition) is 1. The topological polar surface area (TPSA) is 44.5 Å². The van der Waals surface area contributed by atoms with Crippen molar-refractivity contribution < 1.29 is 9.47 Å². The Labute approximate surface area is 96.5 Å². The largest absolute Gasteiger partial charge is 0.494 e. The van der Waals surface area contributed by atoms with Gasteiger partial charge in [-0.2, -0.15) is 0 Å². The summed E-state index contributed by atoms with van der Waals surface area (Å²) in [6, 6.07) is 8.12. The van der Waals surface area contributed by atoms with Crippen molar-refractivity contribution in [3.63, 3.8) is 0 Å². The fourth-order valence-electron chi connectivity index (χ4n) is 2.19. The molecule has 0 amide bonds. The molecule has 2 unspecified atom stereocenters. The van der Waals surface area contributed by atoms with Crippen LogP contribution in [0, 0.1) is 5.92 Å². The van der Waals surface area contributed by atoms with Crippen LogP contribution in [0.2, 0.25) is 0 Å². The van der Waals surface area contributed by atoms with Crippen LogP contribution in [0.3, 0.4) is 0 Å². The normalized spacial score (nSPS) is 24.6. The van der Waals surface area contributed by atoms with Crippen molar-refractivity contribution in [2.45, 2.75) is 19.4 Å². The molecule has 0 aliphatic carbocycles. The highest BCUT2D eigenvalue weighted by atomic mass is 16.5. The second-order valence-electron chi connectivity index (χ2n) is 4.08. The highest BCUT2D eigenvalue weighted by Gasteiger charge is 2.28. The van der Waals surface area contributed by atoms with Crippen molar-refractivity contribution in [1.82, 2.24) is 0 Å². The Kier molecular flexibility index (Phi) is 3.80. The van der Waals surface area contributed by atoms with Gasteiger partial charge >= 0.3 is 0 Å². The molecule has 2 rings (SSSR count). The summed E-state index contributed by atoms with van der Waals surface area (Å²) in [4.78, 5) is 0. The molecule has 3 heteroatoms. The van der Waals surface area contributed by atoms with Gasteiger partial charge in [-0.25, -0.2) is 0 Å². The summed E-state index contributed by atoms with van der Waals surface area (Å²) in [5.41, 5.74) is 6.93. The Morgan fingerprint density at radius 2 is 2.38 bits per heavy atom. The Morgan fingerprint density at radius 1 is 1.50 bits per heavy atom. The molecule has 1 aromatic rings. The monoisotopic (exact) mass is 221 g/mol. The van der Waals surface area contributed by atoms with E-state index in [1.54, 1.807) is 0 Å². The van der Waals surface area contributed by atoms with Gasteiger partial charge < -0.3 is 15.2 Å². The van der Waals surface area contributed by atoms with E-state index < -0.39 is 0 Å². The van der Waals surface area contributed by atoms with Crippen LogP contribution in [-0.4, -0.2) is 19.8 Å². The molecule has 0 radical (unpaired) electrons. The Hall–Kier alpha value is -1.06. The molecule has 1 aromatic carbocycles. The van der Waals surface area contributed by atoms with E-state index in [1.807, 2.05) is 19.1 Å². The van der Waals surface area contributed by atoms with Crippen LogP contribution in [0.1, 0.15) is 25.0 Å². The summed E-state index contributed by atoms with van der Waals surface area (Å²) in [5, 5.41) is 0. The van der Waals surface area contributed by atoms with Crippen molar-refractivity contribution in [1.29, 1.82) is 0 Å². The highest BCUT2D eigenvalue weighted by Crippen LogP contribution is 2.34. The molecule has 3 nitrogen and oxygen atoms in total. The highest BCUT2D eigenvalue weighted by molar-refractivity contribution is 5.30. The van der Waals surface area contributed by atoms with Gasteiger partial charge in [-0.05, 0) is 37.6 Å². The van der Waals surface area contributed by atoms with E-state index in [0.29, 0.717) is 19.1 Å². The molecular weight excluding hydrogens is 202 g/mol. The number of rotatable bonds is 4. The van der Waals surface area contributed by atoms with E-state index >= 15 is 0 Å². The van der Waals surface area contributed by atoms with Crippen molar-refractivity contribution in [2.24, 2.45) is 11.7 Å². The Morgan fingerprint density at radius 3 is 3.12 bits per heavy atom. The minimum Gasteiger partial charge on any atom is -0.494 e. The average molecular weight is 221 g/mol. The fourth-order valence-corrected chi connectivity index (χ4v) is 2.19. The zero-order valence-corrected chi connectivity index (χ0v) is 9.69. The first-order valence-corrected chi connectivity index (χ1v) is 5.89. The molecule has 1 aliphatic heterocycles. The summed E-state index contributed by atoms with van der Waals surface area (Å²) in [6.45, 7) is 4.17. The van der Waals surface area contributed by atoms with Gasteiger partial charge in [-0.1, -0.05) is 12.1 Å². The predicted molar refractivity (Wildman–Crippen MR) is 63.5 cm³/mol. The van der Waals surface area contributed by atoms with Gasteiger partial charge in [0.2, 0.25) is 0 Å². The molecule has 2 atom stereocenters. The minimum absolute atomic E-state index is 0.144. The van der Waals surface area contributed by atoms with E-state index in [1.165, 1.54) is 5.56 Å². The van der Waals surface area contributed by atoms with Crippen molar-refractivity contribution in [3.8, 4) is 5.75 Å². The quantitative estimate of drug-likeness (QED) is 0.847. The van der Waals surface area contributed by atoms with Crippen LogP contribution in [0.25, 0.3) is 0 Å². The molecular formula is C13H19NO2. The number of nitrogens with two attached hydrogens (primary N) is 1. The standard InChI is InChI=1S/C13H19NO2/c1-2-15-12-5-3-4-10(8-12)13-11(9-14)6-7-16-13/h3-5,8,11,13H,2,6-7,9,14H2,1H3. The fraction of sp³-hybridized carbons (Fsp3) is 0.538. The van der Waals surface area contributed by atoms with E-state index in [4.69, 9.17) is 15.2 Å². The second kappa shape index (κ2) is 5.32. The van der Waals surface area contributed by atoms with E-state index in [2.05, 4.69) is 12.1 Å². The van der Waals surface area contributed by atoms with Crippen molar-refractivity contribution in [3.05, 3.63) is 29.8 Å². The molecule has 1 saturated heterocycles. The van der Waals surface area contributed by atoms with Crippen LogP contribution in [0.15, 0.2) is 24.3 Å². The van der Waals surface area contributed by atoms with Gasteiger partial charge in [0.1, 0.15) is 5.75 Å². The van der Waals surface area contributed by atoms with E-state index in [-0.39, 0.29) is 6.10 Å². The van der Waals surface area contributed by atoms with Gasteiger partial charge in [-0.3, -0.25) is 0 Å². The van der Waals surface area contributed by atoms with E-state index in [9.17, 15) is 0 Å². The molecule has 88 valence electrons. The zero-order valence-electron chi connectivity index (χ0n) is 9.69. The zero-order chi connectivity index (χ0) is 11.4. The molecule has 1 aliphatic rings. The first kappa shape index (κ1) is 11.4. The summed E-state index contributed by atoms with van der Waals surface area (Å²) in [7, 11) is 0. The van der Waals surface area contributed by atoms with Crippen LogP contribution in [-0.2, 0) is 4.74 Å². The lowest BCUT2D eigenvalue weighted by molar-refractivity contribution is 0.0922. The van der Waals surface area contributed by atoms with Gasteiger partial charge in [0.25, 0.3) is 0 Å². The first-order chi connectivity index (χ1) is 7.85. The minimum atomic E-state index is 0.144. The van der Waals surface area contributed by atoms with Crippen molar-refractivity contribution in [2.75, 3.05) is 19.8 Å². The Bertz CT molecular complexity index is 340. The average Bonchev–Trinajstić information content (AvgIpc) is 2.78. The molecule has 0 aromatic heterocycles. The van der Waals surface area contributed by atoms with Crippen LogP contribution >= 0.6 is 0 Å². The molecule has 1 heterocycles. The lowest BCUT2D eigenvalue weighted by atomic mass is 9.95. The Balaban J connectivity index is 2.16. The SMILES string of the molecule is CCOc1cccc(C2OCCC2CN)c1. The maximum Gasteiger partial charge on any atom is 0.119 e. The molecule has 2 N–H and O–H groups in total. The maximum absolute atomic E-state index is 5.75. The van der Waals surface area contributed by atoms with Gasteiger partial charge in [0.05, 0.1) is 12.7 Å². The third-order valence-electron chi connectivity index (χ3n) is 3.01. The third-order valence-corrected chi connectivity index (χ3v) is 3.01. The summed E-state index contributed by atoms with van der Waals surface area (Å²) < 4.78 is 11.2. The number of benzene rings is 1. The summed E-state index contributed by atoms with van der Waals surface area (Å²) in [6.07, 6.45) is 1.20. The van der Waals surface area contributed by atoms with Crippen molar-refractivity contribution >= 4 is 0 Å². The van der Waals surface area contributed by atoms with E-state index in [0.717, 1.165) is 18.8 Å². The van der Waals surface area contributed by atoms with Gasteiger partial charge in [0, 0.05) is 12.5 Å². The van der Waals surface area contributed by atoms with Gasteiger partial charge in [0.15, 0.2) is 0 Å². The summed E-state index contributed by atoms with van der Waals surface area (Å²) >= 11 is 0. The number of ether oxygens (including phenoxy) is 2. The second-order valence-corrected chi connectivity index (χ2v) is 4.08.